The van der Waals surface area contributed by atoms with Crippen LogP contribution in [0.4, 0.5) is 0 Å². The average Bonchev–Trinajstić information content (AvgIpc) is 2.09. The number of rotatable bonds is 2. The molecule has 0 amide bonds. The molecule has 0 bridgehead atoms. The van der Waals surface area contributed by atoms with Crippen LogP contribution in [0.3, 0.4) is 0 Å². The largest absolute Gasteiger partial charge is 0.504 e. The summed E-state index contributed by atoms with van der Waals surface area (Å²) in [6.07, 6.45) is 0.300. The molecule has 0 atom stereocenters. The van der Waals surface area contributed by atoms with Gasteiger partial charge in [0, 0.05) is 6.42 Å². The lowest BCUT2D eigenvalue weighted by Crippen LogP contribution is -2.05. The van der Waals surface area contributed by atoms with Gasteiger partial charge in [0.25, 0.3) is 0 Å². The van der Waals surface area contributed by atoms with Crippen molar-refractivity contribution in [3.8, 4) is 11.5 Å². The molecule has 0 saturated carbocycles. The van der Waals surface area contributed by atoms with Gasteiger partial charge in [-0.05, 0) is 12.1 Å². The summed E-state index contributed by atoms with van der Waals surface area (Å²) in [5.41, 5.74) is 0. The van der Waals surface area contributed by atoms with Gasteiger partial charge in [0.05, 0.1) is 0 Å². The van der Waals surface area contributed by atoms with Crippen LogP contribution in [0, 0.1) is 0 Å². The van der Waals surface area contributed by atoms with Gasteiger partial charge in [-0.25, -0.2) is 0 Å². The molecule has 1 rings (SSSR count). The number of benzene rings is 1. The first-order chi connectivity index (χ1) is 5.74. The highest BCUT2D eigenvalue weighted by atomic mass is 16.5. The van der Waals surface area contributed by atoms with Gasteiger partial charge in [-0.3, -0.25) is 4.79 Å². The number of phenols is 1. The van der Waals surface area contributed by atoms with Crippen LogP contribution in [0.15, 0.2) is 24.3 Å². The smallest absolute Gasteiger partial charge is 0.311 e. The lowest BCUT2D eigenvalue weighted by molar-refractivity contribution is -0.134. The van der Waals surface area contributed by atoms with Gasteiger partial charge in [-0.1, -0.05) is 26.5 Å². The first-order valence-electron chi connectivity index (χ1n) is 3.72. The van der Waals surface area contributed by atoms with Crippen LogP contribution in [-0.2, 0) is 4.79 Å². The van der Waals surface area contributed by atoms with E-state index in [0.29, 0.717) is 6.42 Å². The van der Waals surface area contributed by atoms with E-state index in [0.717, 1.165) is 0 Å². The maximum absolute atomic E-state index is 10.8. The van der Waals surface area contributed by atoms with E-state index in [2.05, 4.69) is 0 Å². The SMILES string of the molecule is C.CCC(=O)Oc1ccccc1O. The molecular formula is C10H14O3. The maximum atomic E-state index is 10.8. The molecule has 0 spiro atoms. The number of carbonyl (C=O) groups excluding carboxylic acids is 1. The lowest BCUT2D eigenvalue weighted by atomic mass is 10.3. The minimum absolute atomic E-state index is 0. The number of para-hydroxylation sites is 2. The van der Waals surface area contributed by atoms with Crippen molar-refractivity contribution in [1.82, 2.24) is 0 Å². The number of carbonyl (C=O) groups is 1. The molecule has 0 aliphatic heterocycles. The van der Waals surface area contributed by atoms with Gasteiger partial charge in [0.15, 0.2) is 11.5 Å². The monoisotopic (exact) mass is 182 g/mol. The Bertz CT molecular complexity index is 281. The Balaban J connectivity index is 0.00000144. The van der Waals surface area contributed by atoms with Crippen LogP contribution in [0.2, 0.25) is 0 Å². The molecule has 0 saturated heterocycles. The van der Waals surface area contributed by atoms with E-state index in [4.69, 9.17) is 4.74 Å². The molecular weight excluding hydrogens is 168 g/mol. The average molecular weight is 182 g/mol. The van der Waals surface area contributed by atoms with Crippen molar-refractivity contribution in [1.29, 1.82) is 0 Å². The van der Waals surface area contributed by atoms with Crippen molar-refractivity contribution in [2.75, 3.05) is 0 Å². The summed E-state index contributed by atoms with van der Waals surface area (Å²) in [7, 11) is 0. The zero-order chi connectivity index (χ0) is 8.97. The van der Waals surface area contributed by atoms with E-state index in [-0.39, 0.29) is 24.9 Å². The van der Waals surface area contributed by atoms with Gasteiger partial charge in [0.1, 0.15) is 0 Å². The summed E-state index contributed by atoms with van der Waals surface area (Å²) in [6, 6.07) is 6.37. The van der Waals surface area contributed by atoms with E-state index < -0.39 is 0 Å². The van der Waals surface area contributed by atoms with E-state index in [1.54, 1.807) is 25.1 Å². The Kier molecular flexibility index (Phi) is 4.59. The van der Waals surface area contributed by atoms with Crippen LogP contribution in [-0.4, -0.2) is 11.1 Å². The summed E-state index contributed by atoms with van der Waals surface area (Å²) in [5, 5.41) is 9.18. The van der Waals surface area contributed by atoms with Crippen LogP contribution < -0.4 is 4.74 Å². The highest BCUT2D eigenvalue weighted by molar-refractivity contribution is 5.72. The maximum Gasteiger partial charge on any atom is 0.311 e. The topological polar surface area (TPSA) is 46.5 Å². The third-order valence-electron chi connectivity index (χ3n) is 1.38. The minimum atomic E-state index is -0.350. The Labute approximate surface area is 78.0 Å². The predicted octanol–water partition coefficient (Wildman–Crippen LogP) is 2.34. The first-order valence-corrected chi connectivity index (χ1v) is 3.72. The third-order valence-corrected chi connectivity index (χ3v) is 1.38. The van der Waals surface area contributed by atoms with E-state index in [9.17, 15) is 9.90 Å². The Hall–Kier alpha value is -1.51. The van der Waals surface area contributed by atoms with Crippen LogP contribution in [0.25, 0.3) is 0 Å². The van der Waals surface area contributed by atoms with Crippen molar-refractivity contribution >= 4 is 5.97 Å². The standard InChI is InChI=1S/C9H10O3.CH4/c1-2-9(11)12-8-6-4-3-5-7(8)10;/h3-6,10H,2H2,1H3;1H4. The van der Waals surface area contributed by atoms with E-state index in [1.807, 2.05) is 0 Å². The molecule has 1 aromatic rings. The quantitative estimate of drug-likeness (QED) is 0.564. The molecule has 0 unspecified atom stereocenters. The minimum Gasteiger partial charge on any atom is -0.504 e. The molecule has 1 aromatic carbocycles. The number of hydrogen-bond acceptors (Lipinski definition) is 3. The summed E-state index contributed by atoms with van der Waals surface area (Å²) in [4.78, 5) is 10.8. The molecule has 13 heavy (non-hydrogen) atoms. The summed E-state index contributed by atoms with van der Waals surface area (Å²) in [5.74, 6) is -0.153. The lowest BCUT2D eigenvalue weighted by Gasteiger charge is -2.03. The molecule has 0 aliphatic rings. The molecule has 0 aliphatic carbocycles. The van der Waals surface area contributed by atoms with Gasteiger partial charge >= 0.3 is 5.97 Å². The second kappa shape index (κ2) is 5.19. The zero-order valence-corrected chi connectivity index (χ0v) is 6.78. The first kappa shape index (κ1) is 11.5. The zero-order valence-electron chi connectivity index (χ0n) is 6.78. The molecule has 0 fully saturated rings. The number of ether oxygens (including phenoxy) is 1. The van der Waals surface area contributed by atoms with Crippen molar-refractivity contribution < 1.29 is 14.6 Å². The number of aromatic hydroxyl groups is 1. The van der Waals surface area contributed by atoms with Crippen molar-refractivity contribution in [2.45, 2.75) is 20.8 Å². The predicted molar refractivity (Wildman–Crippen MR) is 50.8 cm³/mol. The van der Waals surface area contributed by atoms with Gasteiger partial charge in [-0.2, -0.15) is 0 Å². The highest BCUT2D eigenvalue weighted by Crippen LogP contribution is 2.24. The number of esters is 1. The van der Waals surface area contributed by atoms with Crippen molar-refractivity contribution in [3.05, 3.63) is 24.3 Å². The molecule has 0 heterocycles. The Morgan fingerprint density at radius 1 is 1.46 bits per heavy atom. The van der Waals surface area contributed by atoms with Gasteiger partial charge < -0.3 is 9.84 Å². The van der Waals surface area contributed by atoms with Crippen molar-refractivity contribution in [3.63, 3.8) is 0 Å². The number of phenolic OH excluding ortho intramolecular Hbond substituents is 1. The molecule has 0 aromatic heterocycles. The molecule has 1 N–H and O–H groups in total. The van der Waals surface area contributed by atoms with Gasteiger partial charge in [0.2, 0.25) is 0 Å². The van der Waals surface area contributed by atoms with Gasteiger partial charge in [-0.15, -0.1) is 0 Å². The summed E-state index contributed by atoms with van der Waals surface area (Å²) in [6.45, 7) is 1.70. The molecule has 3 heteroatoms. The van der Waals surface area contributed by atoms with E-state index >= 15 is 0 Å². The molecule has 3 nitrogen and oxygen atoms in total. The Morgan fingerprint density at radius 3 is 2.62 bits per heavy atom. The van der Waals surface area contributed by atoms with Crippen molar-refractivity contribution in [2.24, 2.45) is 0 Å². The molecule has 72 valence electrons. The summed E-state index contributed by atoms with van der Waals surface area (Å²) >= 11 is 0. The van der Waals surface area contributed by atoms with Crippen LogP contribution in [0.5, 0.6) is 11.5 Å². The fraction of sp³-hybridized carbons (Fsp3) is 0.300. The fourth-order valence-electron chi connectivity index (χ4n) is 0.738. The number of hydrogen-bond donors (Lipinski definition) is 1. The fourth-order valence-corrected chi connectivity index (χ4v) is 0.738. The second-order valence-electron chi connectivity index (χ2n) is 2.30. The normalized spacial score (nSPS) is 8.69. The highest BCUT2D eigenvalue weighted by Gasteiger charge is 2.04. The summed E-state index contributed by atoms with van der Waals surface area (Å²) < 4.78 is 4.81. The second-order valence-corrected chi connectivity index (χ2v) is 2.30. The molecule has 0 radical (unpaired) electrons. The Morgan fingerprint density at radius 2 is 2.08 bits per heavy atom. The van der Waals surface area contributed by atoms with E-state index in [1.165, 1.54) is 6.07 Å². The third kappa shape index (κ3) is 3.15. The van der Waals surface area contributed by atoms with Crippen LogP contribution in [0.1, 0.15) is 20.8 Å². The van der Waals surface area contributed by atoms with Crippen LogP contribution >= 0.6 is 0 Å².